The largest absolute Gasteiger partial charge is 0.319 e. The molecule has 0 radical (unpaired) electrons. The minimum atomic E-state index is -0.147. The number of benzene rings is 1. The van der Waals surface area contributed by atoms with E-state index in [1.807, 2.05) is 19.2 Å². The Bertz CT molecular complexity index is 351. The van der Waals surface area contributed by atoms with E-state index in [9.17, 15) is 4.39 Å². The smallest absolute Gasteiger partial charge is 0.123 e. The number of hydrogen-bond acceptors (Lipinski definition) is 2. The summed E-state index contributed by atoms with van der Waals surface area (Å²) >= 11 is 0. The number of halogens is 3. The maximum Gasteiger partial charge on any atom is 0.123 e. The second kappa shape index (κ2) is 10.4. The second-order valence-electron chi connectivity index (χ2n) is 5.22. The Hall–Kier alpha value is -0.350. The lowest BCUT2D eigenvalue weighted by Crippen LogP contribution is -2.37. The fourth-order valence-electron chi connectivity index (χ4n) is 2.64. The summed E-state index contributed by atoms with van der Waals surface area (Å²) in [5.74, 6) is 0.698. The summed E-state index contributed by atoms with van der Waals surface area (Å²) < 4.78 is 12.8. The van der Waals surface area contributed by atoms with Crippen LogP contribution in [0.1, 0.15) is 18.4 Å². The highest BCUT2D eigenvalue weighted by Crippen LogP contribution is 2.16. The van der Waals surface area contributed by atoms with Crippen molar-refractivity contribution in [1.82, 2.24) is 10.2 Å². The highest BCUT2D eigenvalue weighted by atomic mass is 35.5. The van der Waals surface area contributed by atoms with Gasteiger partial charge in [-0.05, 0) is 69.6 Å². The van der Waals surface area contributed by atoms with E-state index in [0.717, 1.165) is 25.4 Å². The molecule has 0 aliphatic carbocycles. The summed E-state index contributed by atoms with van der Waals surface area (Å²) in [5.41, 5.74) is 1.23. The van der Waals surface area contributed by atoms with Crippen molar-refractivity contribution in [3.8, 4) is 0 Å². The summed E-state index contributed by atoms with van der Waals surface area (Å²) in [7, 11) is 2.03. The fourth-order valence-corrected chi connectivity index (χ4v) is 2.64. The average molecular weight is 323 g/mol. The highest BCUT2D eigenvalue weighted by molar-refractivity contribution is 5.85. The third kappa shape index (κ3) is 6.40. The van der Waals surface area contributed by atoms with Gasteiger partial charge in [0.25, 0.3) is 0 Å². The third-order valence-corrected chi connectivity index (χ3v) is 3.83. The monoisotopic (exact) mass is 322 g/mol. The first-order chi connectivity index (χ1) is 8.78. The zero-order valence-corrected chi connectivity index (χ0v) is 13.6. The summed E-state index contributed by atoms with van der Waals surface area (Å²) in [6.07, 6.45) is 3.62. The van der Waals surface area contributed by atoms with Crippen molar-refractivity contribution in [1.29, 1.82) is 0 Å². The Labute approximate surface area is 133 Å². The van der Waals surface area contributed by atoms with E-state index in [2.05, 4.69) is 10.2 Å². The van der Waals surface area contributed by atoms with E-state index < -0.39 is 0 Å². The van der Waals surface area contributed by atoms with Gasteiger partial charge in [-0.1, -0.05) is 12.1 Å². The minimum absolute atomic E-state index is 0. The molecule has 0 amide bonds. The topological polar surface area (TPSA) is 15.3 Å². The molecule has 0 aromatic heterocycles. The lowest BCUT2D eigenvalue weighted by atomic mass is 9.96. The predicted molar refractivity (Wildman–Crippen MR) is 87.7 cm³/mol. The zero-order valence-electron chi connectivity index (χ0n) is 12.0. The molecule has 1 aromatic carbocycles. The van der Waals surface area contributed by atoms with Crippen molar-refractivity contribution in [2.45, 2.75) is 19.3 Å². The van der Waals surface area contributed by atoms with Gasteiger partial charge in [-0.3, -0.25) is 0 Å². The molecule has 5 heteroatoms. The summed E-state index contributed by atoms with van der Waals surface area (Å²) in [5, 5.41) is 3.26. The van der Waals surface area contributed by atoms with Gasteiger partial charge in [0, 0.05) is 6.54 Å². The quantitative estimate of drug-likeness (QED) is 0.895. The number of likely N-dealkylation sites (tertiary alicyclic amines) is 1. The first-order valence-electron chi connectivity index (χ1n) is 6.89. The van der Waals surface area contributed by atoms with E-state index >= 15 is 0 Å². The standard InChI is InChI=1S/C15H23FN2.2ClH/c1-17-12-14-7-10-18(11-8-14)9-6-13-2-4-15(16)5-3-13;;/h2-5,14,17H,6-12H2,1H3;2*1H. The molecule has 116 valence electrons. The molecule has 1 saturated heterocycles. The second-order valence-corrected chi connectivity index (χ2v) is 5.22. The van der Waals surface area contributed by atoms with Crippen LogP contribution in [0.3, 0.4) is 0 Å². The van der Waals surface area contributed by atoms with E-state index in [1.54, 1.807) is 12.1 Å². The molecule has 0 saturated carbocycles. The van der Waals surface area contributed by atoms with Gasteiger partial charge >= 0.3 is 0 Å². The molecule has 1 fully saturated rings. The van der Waals surface area contributed by atoms with Crippen LogP contribution in [0.15, 0.2) is 24.3 Å². The van der Waals surface area contributed by atoms with Crippen LogP contribution in [0.4, 0.5) is 4.39 Å². The summed E-state index contributed by atoms with van der Waals surface area (Å²) in [6, 6.07) is 6.88. The molecule has 0 bridgehead atoms. The van der Waals surface area contributed by atoms with Crippen molar-refractivity contribution in [3.05, 3.63) is 35.6 Å². The van der Waals surface area contributed by atoms with Crippen molar-refractivity contribution in [3.63, 3.8) is 0 Å². The highest BCUT2D eigenvalue weighted by Gasteiger charge is 2.17. The Morgan fingerprint density at radius 1 is 1.15 bits per heavy atom. The third-order valence-electron chi connectivity index (χ3n) is 3.83. The molecule has 2 rings (SSSR count). The van der Waals surface area contributed by atoms with E-state index in [0.29, 0.717) is 0 Å². The van der Waals surface area contributed by atoms with Crippen LogP contribution >= 0.6 is 24.8 Å². The maximum atomic E-state index is 12.8. The molecule has 1 aliphatic rings. The molecule has 0 unspecified atom stereocenters. The van der Waals surface area contributed by atoms with E-state index in [1.165, 1.54) is 31.5 Å². The molecule has 1 heterocycles. The van der Waals surface area contributed by atoms with E-state index in [4.69, 9.17) is 0 Å². The van der Waals surface area contributed by atoms with Gasteiger partial charge in [-0.25, -0.2) is 4.39 Å². The molecule has 1 aromatic rings. The van der Waals surface area contributed by atoms with Gasteiger partial charge in [-0.15, -0.1) is 24.8 Å². The Morgan fingerprint density at radius 2 is 1.75 bits per heavy atom. The molecular formula is C15H25Cl2FN2. The van der Waals surface area contributed by atoms with Gasteiger partial charge in [0.15, 0.2) is 0 Å². The molecular weight excluding hydrogens is 298 g/mol. The molecule has 0 atom stereocenters. The summed E-state index contributed by atoms with van der Waals surface area (Å²) in [6.45, 7) is 4.64. The van der Waals surface area contributed by atoms with Gasteiger partial charge in [0.1, 0.15) is 5.82 Å². The zero-order chi connectivity index (χ0) is 12.8. The fraction of sp³-hybridized carbons (Fsp3) is 0.600. The van der Waals surface area contributed by atoms with Crippen LogP contribution in [-0.2, 0) is 6.42 Å². The molecule has 20 heavy (non-hydrogen) atoms. The lowest BCUT2D eigenvalue weighted by Gasteiger charge is -2.31. The first-order valence-corrected chi connectivity index (χ1v) is 6.89. The number of rotatable bonds is 5. The van der Waals surface area contributed by atoms with Crippen LogP contribution in [0, 0.1) is 11.7 Å². The van der Waals surface area contributed by atoms with Gasteiger partial charge in [-0.2, -0.15) is 0 Å². The van der Waals surface area contributed by atoms with Crippen LogP contribution < -0.4 is 5.32 Å². The normalized spacial score (nSPS) is 16.3. The number of hydrogen-bond donors (Lipinski definition) is 1. The molecule has 0 spiro atoms. The van der Waals surface area contributed by atoms with Gasteiger partial charge in [0.2, 0.25) is 0 Å². The number of nitrogens with zero attached hydrogens (tertiary/aromatic N) is 1. The molecule has 1 N–H and O–H groups in total. The van der Waals surface area contributed by atoms with Crippen molar-refractivity contribution in [2.24, 2.45) is 5.92 Å². The Morgan fingerprint density at radius 3 is 2.30 bits per heavy atom. The van der Waals surface area contributed by atoms with Crippen molar-refractivity contribution >= 4 is 24.8 Å². The Balaban J connectivity index is 0.00000180. The summed E-state index contributed by atoms with van der Waals surface area (Å²) in [4.78, 5) is 2.52. The first kappa shape index (κ1) is 19.7. The Kier molecular flexibility index (Phi) is 10.2. The van der Waals surface area contributed by atoms with Crippen LogP contribution in [0.2, 0.25) is 0 Å². The van der Waals surface area contributed by atoms with Crippen molar-refractivity contribution in [2.75, 3.05) is 33.2 Å². The molecule has 2 nitrogen and oxygen atoms in total. The number of nitrogens with one attached hydrogen (secondary N) is 1. The van der Waals surface area contributed by atoms with Gasteiger partial charge in [0.05, 0.1) is 0 Å². The van der Waals surface area contributed by atoms with Crippen LogP contribution in [0.5, 0.6) is 0 Å². The van der Waals surface area contributed by atoms with Gasteiger partial charge < -0.3 is 10.2 Å². The lowest BCUT2D eigenvalue weighted by molar-refractivity contribution is 0.185. The maximum absolute atomic E-state index is 12.8. The average Bonchev–Trinajstić information content (AvgIpc) is 2.40. The molecule has 1 aliphatic heterocycles. The van der Waals surface area contributed by atoms with Crippen molar-refractivity contribution < 1.29 is 4.39 Å². The van der Waals surface area contributed by atoms with Crippen LogP contribution in [-0.4, -0.2) is 38.1 Å². The minimum Gasteiger partial charge on any atom is -0.319 e. The predicted octanol–water partition coefficient (Wildman–Crippen LogP) is 3.14. The SMILES string of the molecule is CNCC1CCN(CCc2ccc(F)cc2)CC1.Cl.Cl. The van der Waals surface area contributed by atoms with Crippen LogP contribution in [0.25, 0.3) is 0 Å². The van der Waals surface area contributed by atoms with E-state index in [-0.39, 0.29) is 30.6 Å². The number of piperidine rings is 1.